The third-order valence-corrected chi connectivity index (χ3v) is 4.49. The predicted octanol–water partition coefficient (Wildman–Crippen LogP) is 6.60. The Balaban J connectivity index is 1.82. The summed E-state index contributed by atoms with van der Waals surface area (Å²) in [5.74, 6) is 0. The summed E-state index contributed by atoms with van der Waals surface area (Å²) in [6.45, 7) is 8.66. The van der Waals surface area contributed by atoms with Gasteiger partial charge in [-0.3, -0.25) is 0 Å². The largest absolute Gasteiger partial charge is 0.316 e. The zero-order chi connectivity index (χ0) is 16.6. The Morgan fingerprint density at radius 2 is 1.35 bits per heavy atom. The Kier molecular flexibility index (Phi) is 12.6. The lowest BCUT2D eigenvalue weighted by Crippen LogP contribution is -2.16. The number of hydrogen-bond acceptors (Lipinski definition) is 1. The van der Waals surface area contributed by atoms with E-state index in [1.165, 1.54) is 75.3 Å². The van der Waals surface area contributed by atoms with Crippen LogP contribution in [0, 0.1) is 0 Å². The first-order valence-electron chi connectivity index (χ1n) is 9.78. The number of nitrogens with one attached hydrogen (secondary N) is 1. The van der Waals surface area contributed by atoms with Crippen molar-refractivity contribution in [2.45, 2.75) is 77.6 Å². The lowest BCUT2D eigenvalue weighted by molar-refractivity contribution is 0.545. The van der Waals surface area contributed by atoms with Gasteiger partial charge < -0.3 is 5.32 Å². The van der Waals surface area contributed by atoms with Crippen LogP contribution in [0.5, 0.6) is 0 Å². The van der Waals surface area contributed by atoms with Crippen molar-refractivity contribution in [1.29, 1.82) is 0 Å². The molecule has 1 N–H and O–H groups in total. The number of unbranched alkanes of at least 4 members (excludes halogenated alkanes) is 9. The van der Waals surface area contributed by atoms with Crippen molar-refractivity contribution >= 4 is 5.57 Å². The first kappa shape index (κ1) is 20.0. The first-order chi connectivity index (χ1) is 11.3. The second-order valence-electron chi connectivity index (χ2n) is 6.65. The molecule has 0 amide bonds. The van der Waals surface area contributed by atoms with Gasteiger partial charge in [0.15, 0.2) is 0 Å². The van der Waals surface area contributed by atoms with Crippen LogP contribution in [0.3, 0.4) is 0 Å². The van der Waals surface area contributed by atoms with Crippen molar-refractivity contribution in [3.05, 3.63) is 42.5 Å². The highest BCUT2D eigenvalue weighted by molar-refractivity contribution is 5.63. The summed E-state index contributed by atoms with van der Waals surface area (Å²) >= 11 is 0. The summed E-state index contributed by atoms with van der Waals surface area (Å²) in [6.07, 6.45) is 15.1. The number of hydrogen-bond donors (Lipinski definition) is 1. The van der Waals surface area contributed by atoms with E-state index in [2.05, 4.69) is 49.2 Å². The lowest BCUT2D eigenvalue weighted by atomic mass is 10.0. The van der Waals surface area contributed by atoms with E-state index < -0.39 is 0 Å². The molecule has 0 fully saturated rings. The maximum absolute atomic E-state index is 4.18. The normalized spacial score (nSPS) is 10.8. The molecule has 1 rings (SSSR count). The Bertz CT molecular complexity index is 382. The minimum atomic E-state index is 1.04. The van der Waals surface area contributed by atoms with E-state index in [0.717, 1.165) is 19.5 Å². The van der Waals surface area contributed by atoms with Crippen molar-refractivity contribution < 1.29 is 0 Å². The van der Waals surface area contributed by atoms with Gasteiger partial charge in [-0.2, -0.15) is 0 Å². The summed E-state index contributed by atoms with van der Waals surface area (Å²) in [7, 11) is 0. The third-order valence-electron chi connectivity index (χ3n) is 4.49. The van der Waals surface area contributed by atoms with Gasteiger partial charge in [-0.1, -0.05) is 102 Å². The summed E-state index contributed by atoms with van der Waals surface area (Å²) in [5.41, 5.74) is 2.51. The molecule has 1 aromatic rings. The van der Waals surface area contributed by atoms with Crippen LogP contribution >= 0.6 is 0 Å². The number of benzene rings is 1. The summed E-state index contributed by atoms with van der Waals surface area (Å²) < 4.78 is 0. The molecule has 0 aliphatic carbocycles. The fraction of sp³-hybridized carbons (Fsp3) is 0.636. The van der Waals surface area contributed by atoms with Crippen LogP contribution in [0.2, 0.25) is 0 Å². The van der Waals surface area contributed by atoms with Crippen LogP contribution in [-0.2, 0) is 0 Å². The standard InChI is InChI=1S/C22H37N/c1-3-4-5-6-7-8-9-10-11-15-19-23-20-18-21(2)22-16-13-12-14-17-22/h12-14,16-17,23H,2-11,15,18-20H2,1H3. The highest BCUT2D eigenvalue weighted by atomic mass is 14.8. The minimum Gasteiger partial charge on any atom is -0.316 e. The minimum absolute atomic E-state index is 1.04. The van der Waals surface area contributed by atoms with Crippen molar-refractivity contribution in [1.82, 2.24) is 5.32 Å². The van der Waals surface area contributed by atoms with E-state index in [0.29, 0.717) is 0 Å². The molecule has 0 radical (unpaired) electrons. The van der Waals surface area contributed by atoms with Crippen LogP contribution in [0.15, 0.2) is 36.9 Å². The predicted molar refractivity (Wildman–Crippen MR) is 105 cm³/mol. The van der Waals surface area contributed by atoms with Gasteiger partial charge in [0.25, 0.3) is 0 Å². The fourth-order valence-corrected chi connectivity index (χ4v) is 2.92. The van der Waals surface area contributed by atoms with Gasteiger partial charge in [0.05, 0.1) is 0 Å². The van der Waals surface area contributed by atoms with Crippen LogP contribution in [0.1, 0.15) is 83.1 Å². The van der Waals surface area contributed by atoms with Crippen LogP contribution in [0.25, 0.3) is 5.57 Å². The van der Waals surface area contributed by atoms with Gasteiger partial charge in [0.1, 0.15) is 0 Å². The Morgan fingerprint density at radius 3 is 1.96 bits per heavy atom. The SMILES string of the molecule is C=C(CCNCCCCCCCCCCCC)c1ccccc1. The highest BCUT2D eigenvalue weighted by Gasteiger charge is 1.97. The van der Waals surface area contributed by atoms with Gasteiger partial charge in [-0.25, -0.2) is 0 Å². The summed E-state index contributed by atoms with van der Waals surface area (Å²) in [6, 6.07) is 10.5. The van der Waals surface area contributed by atoms with E-state index in [1.807, 2.05) is 0 Å². The van der Waals surface area contributed by atoms with Gasteiger partial charge in [-0.05, 0) is 37.1 Å². The summed E-state index contributed by atoms with van der Waals surface area (Å²) in [5, 5.41) is 3.55. The molecule has 0 heterocycles. The molecule has 0 aromatic heterocycles. The zero-order valence-electron chi connectivity index (χ0n) is 15.3. The molecule has 130 valence electrons. The highest BCUT2D eigenvalue weighted by Crippen LogP contribution is 2.14. The van der Waals surface area contributed by atoms with E-state index >= 15 is 0 Å². The van der Waals surface area contributed by atoms with E-state index in [9.17, 15) is 0 Å². The number of rotatable bonds is 15. The topological polar surface area (TPSA) is 12.0 Å². The average molecular weight is 316 g/mol. The maximum Gasteiger partial charge on any atom is -0.000835 e. The van der Waals surface area contributed by atoms with Gasteiger partial charge in [-0.15, -0.1) is 0 Å². The van der Waals surface area contributed by atoms with E-state index in [1.54, 1.807) is 0 Å². The van der Waals surface area contributed by atoms with E-state index in [4.69, 9.17) is 0 Å². The zero-order valence-corrected chi connectivity index (χ0v) is 15.3. The molecule has 0 aliphatic heterocycles. The molecule has 0 atom stereocenters. The van der Waals surface area contributed by atoms with Gasteiger partial charge in [0.2, 0.25) is 0 Å². The molecule has 1 heteroatoms. The second kappa shape index (κ2) is 14.5. The van der Waals surface area contributed by atoms with Crippen molar-refractivity contribution in [3.63, 3.8) is 0 Å². The molecule has 1 nitrogen and oxygen atoms in total. The maximum atomic E-state index is 4.18. The molecule has 0 saturated carbocycles. The molecule has 0 spiro atoms. The first-order valence-corrected chi connectivity index (χ1v) is 9.78. The van der Waals surface area contributed by atoms with Crippen molar-refractivity contribution in [2.75, 3.05) is 13.1 Å². The molecule has 0 saturated heterocycles. The van der Waals surface area contributed by atoms with Gasteiger partial charge >= 0.3 is 0 Å². The van der Waals surface area contributed by atoms with E-state index in [-0.39, 0.29) is 0 Å². The second-order valence-corrected chi connectivity index (χ2v) is 6.65. The smallest absolute Gasteiger partial charge is 0.000835 e. The van der Waals surface area contributed by atoms with Crippen molar-refractivity contribution in [2.24, 2.45) is 0 Å². The Labute approximate surface area is 144 Å². The molecular weight excluding hydrogens is 278 g/mol. The quantitative estimate of drug-likeness (QED) is 0.359. The lowest BCUT2D eigenvalue weighted by Gasteiger charge is -2.07. The third kappa shape index (κ3) is 11.1. The Hall–Kier alpha value is -1.08. The fourth-order valence-electron chi connectivity index (χ4n) is 2.92. The molecule has 0 unspecified atom stereocenters. The Morgan fingerprint density at radius 1 is 0.783 bits per heavy atom. The monoisotopic (exact) mass is 315 g/mol. The van der Waals surface area contributed by atoms with Crippen LogP contribution < -0.4 is 5.32 Å². The van der Waals surface area contributed by atoms with Gasteiger partial charge in [0, 0.05) is 0 Å². The van der Waals surface area contributed by atoms with Crippen molar-refractivity contribution in [3.8, 4) is 0 Å². The molecular formula is C22H37N. The molecule has 0 bridgehead atoms. The molecule has 0 aliphatic rings. The van der Waals surface area contributed by atoms with Crippen LogP contribution in [0.4, 0.5) is 0 Å². The molecule has 23 heavy (non-hydrogen) atoms. The molecule has 1 aromatic carbocycles. The van der Waals surface area contributed by atoms with Crippen LogP contribution in [-0.4, -0.2) is 13.1 Å². The average Bonchev–Trinajstić information content (AvgIpc) is 2.59. The summed E-state index contributed by atoms with van der Waals surface area (Å²) in [4.78, 5) is 0.